The molecular formula is C25H27N5O4. The van der Waals surface area contributed by atoms with Crippen LogP contribution in [0.3, 0.4) is 0 Å². The fraction of sp³-hybridized carbons (Fsp3) is 0.360. The molecule has 1 saturated carbocycles. The molecular weight excluding hydrogens is 434 g/mol. The summed E-state index contributed by atoms with van der Waals surface area (Å²) in [6, 6.07) is 8.80. The molecule has 2 aromatic heterocycles. The lowest BCUT2D eigenvalue weighted by Gasteiger charge is -2.19. The molecule has 9 heteroatoms. The molecule has 1 aromatic carbocycles. The highest BCUT2D eigenvalue weighted by Gasteiger charge is 2.27. The van der Waals surface area contributed by atoms with Crippen LogP contribution in [0.2, 0.25) is 0 Å². The van der Waals surface area contributed by atoms with E-state index in [1.807, 2.05) is 18.4 Å². The molecule has 1 aliphatic rings. The molecule has 0 aliphatic heterocycles. The van der Waals surface area contributed by atoms with Gasteiger partial charge in [0.2, 0.25) is 0 Å². The number of carbonyl (C=O) groups is 2. The van der Waals surface area contributed by atoms with Crippen LogP contribution in [0.5, 0.6) is 0 Å². The van der Waals surface area contributed by atoms with Gasteiger partial charge in [0.1, 0.15) is 11.9 Å². The fourth-order valence-corrected chi connectivity index (χ4v) is 4.61. The molecule has 9 nitrogen and oxygen atoms in total. The number of rotatable bonds is 6. The van der Waals surface area contributed by atoms with Crippen molar-refractivity contribution in [3.8, 4) is 11.8 Å². The number of hydrogen-bond donors (Lipinski definition) is 2. The van der Waals surface area contributed by atoms with Gasteiger partial charge in [-0.05, 0) is 63.4 Å². The number of nitrogens with one attached hydrogen (secondary N) is 2. The maximum absolute atomic E-state index is 12.6. The van der Waals surface area contributed by atoms with Crippen molar-refractivity contribution in [3.63, 3.8) is 0 Å². The van der Waals surface area contributed by atoms with E-state index in [1.54, 1.807) is 37.4 Å². The molecule has 2 N–H and O–H groups in total. The first-order valence-corrected chi connectivity index (χ1v) is 11.3. The number of carbonyl (C=O) groups excluding carboxylic acids is 2. The minimum atomic E-state index is -0.654. The molecule has 0 spiro atoms. The molecule has 0 radical (unpaired) electrons. The highest BCUT2D eigenvalue weighted by Crippen LogP contribution is 2.37. The van der Waals surface area contributed by atoms with Crippen molar-refractivity contribution in [2.24, 2.45) is 0 Å². The summed E-state index contributed by atoms with van der Waals surface area (Å²) in [6.45, 7) is 5.15. The van der Waals surface area contributed by atoms with Crippen molar-refractivity contribution < 1.29 is 14.3 Å². The number of imidazole rings is 1. The second-order valence-corrected chi connectivity index (χ2v) is 8.60. The van der Waals surface area contributed by atoms with E-state index in [4.69, 9.17) is 4.74 Å². The number of benzene rings is 1. The van der Waals surface area contributed by atoms with Crippen LogP contribution >= 0.6 is 0 Å². The van der Waals surface area contributed by atoms with Gasteiger partial charge in [0.25, 0.3) is 5.91 Å². The highest BCUT2D eigenvalue weighted by atomic mass is 16.5. The summed E-state index contributed by atoms with van der Waals surface area (Å²) in [5.41, 5.74) is 3.59. The van der Waals surface area contributed by atoms with Gasteiger partial charge in [0.05, 0.1) is 16.8 Å². The quantitative estimate of drug-likeness (QED) is 0.543. The molecule has 176 valence electrons. The number of aryl methyl sites for hydroxylation is 1. The van der Waals surface area contributed by atoms with Gasteiger partial charge < -0.3 is 19.6 Å². The van der Waals surface area contributed by atoms with Gasteiger partial charge in [-0.1, -0.05) is 12.8 Å². The number of nitriles is 1. The maximum Gasteiger partial charge on any atom is 0.338 e. The standard InChI is InChI=1S/C25H27N5O4/c1-15-13-27-25(33)29(15)20-10-8-18(9-11-20)24(32)34-14-22(31)28-23-21(12-26)16(2)17(3)30(23)19-6-4-5-7-19/h8-11,13,19H,4-7,14H2,1-3H3,(H,27,33)(H,28,31). The SMILES string of the molecule is Cc1c(C#N)c(NC(=O)COC(=O)c2ccc(-n3c(C)c[nH]c3=O)cc2)n(C2CCCC2)c1C. The number of H-pyrrole nitrogens is 1. The average molecular weight is 462 g/mol. The molecule has 0 bridgehead atoms. The Morgan fingerprint density at radius 2 is 1.85 bits per heavy atom. The van der Waals surface area contributed by atoms with Crippen molar-refractivity contribution in [3.05, 3.63) is 69.0 Å². The van der Waals surface area contributed by atoms with Gasteiger partial charge in [-0.15, -0.1) is 0 Å². The van der Waals surface area contributed by atoms with Gasteiger partial charge in [0.15, 0.2) is 6.61 Å². The zero-order chi connectivity index (χ0) is 24.4. The first-order valence-electron chi connectivity index (χ1n) is 11.3. The zero-order valence-electron chi connectivity index (χ0n) is 19.5. The third kappa shape index (κ3) is 4.27. The monoisotopic (exact) mass is 461 g/mol. The van der Waals surface area contributed by atoms with Crippen LogP contribution in [0, 0.1) is 32.1 Å². The molecule has 0 saturated heterocycles. The lowest BCUT2D eigenvalue weighted by atomic mass is 10.2. The second-order valence-electron chi connectivity index (χ2n) is 8.60. The normalized spacial score (nSPS) is 13.6. The first kappa shape index (κ1) is 23.1. The Morgan fingerprint density at radius 1 is 1.18 bits per heavy atom. The molecule has 1 amide bonds. The number of esters is 1. The fourth-order valence-electron chi connectivity index (χ4n) is 4.61. The number of amides is 1. The predicted octanol–water partition coefficient (Wildman–Crippen LogP) is 3.67. The summed E-state index contributed by atoms with van der Waals surface area (Å²) < 4.78 is 8.73. The minimum absolute atomic E-state index is 0.244. The van der Waals surface area contributed by atoms with E-state index >= 15 is 0 Å². The number of aromatic amines is 1. The lowest BCUT2D eigenvalue weighted by Crippen LogP contribution is -2.24. The molecule has 0 atom stereocenters. The van der Waals surface area contributed by atoms with E-state index in [1.165, 1.54) is 4.57 Å². The first-order chi connectivity index (χ1) is 16.3. The molecule has 3 aromatic rings. The number of hydrogen-bond acceptors (Lipinski definition) is 5. The van der Waals surface area contributed by atoms with Crippen LogP contribution in [0.1, 0.15) is 64.6 Å². The number of ether oxygens (including phenoxy) is 1. The second kappa shape index (κ2) is 9.43. The summed E-state index contributed by atoms with van der Waals surface area (Å²) in [5.74, 6) is -0.686. The van der Waals surface area contributed by atoms with E-state index in [9.17, 15) is 19.6 Å². The summed E-state index contributed by atoms with van der Waals surface area (Å²) in [6.07, 6.45) is 5.84. The van der Waals surface area contributed by atoms with Crippen molar-refractivity contribution >= 4 is 17.7 Å². The highest BCUT2D eigenvalue weighted by molar-refractivity contribution is 5.96. The molecule has 4 rings (SSSR count). The summed E-state index contributed by atoms with van der Waals surface area (Å²) in [4.78, 5) is 39.6. The summed E-state index contributed by atoms with van der Waals surface area (Å²) in [5, 5.41) is 12.5. The van der Waals surface area contributed by atoms with Gasteiger partial charge >= 0.3 is 11.7 Å². The van der Waals surface area contributed by atoms with E-state index in [-0.39, 0.29) is 17.3 Å². The van der Waals surface area contributed by atoms with Gasteiger partial charge in [0, 0.05) is 23.6 Å². The van der Waals surface area contributed by atoms with Crippen molar-refractivity contribution in [1.29, 1.82) is 5.26 Å². The third-order valence-electron chi connectivity index (χ3n) is 6.47. The molecule has 1 aliphatic carbocycles. The molecule has 2 heterocycles. The smallest absolute Gasteiger partial charge is 0.338 e. The number of aromatic nitrogens is 3. The number of anilines is 1. The van der Waals surface area contributed by atoms with E-state index in [2.05, 4.69) is 16.4 Å². The van der Waals surface area contributed by atoms with Crippen LogP contribution in [-0.4, -0.2) is 32.6 Å². The lowest BCUT2D eigenvalue weighted by molar-refractivity contribution is -0.119. The minimum Gasteiger partial charge on any atom is -0.452 e. The molecule has 0 unspecified atom stereocenters. The topological polar surface area (TPSA) is 122 Å². The van der Waals surface area contributed by atoms with Crippen LogP contribution in [0.15, 0.2) is 35.3 Å². The molecule has 34 heavy (non-hydrogen) atoms. The maximum atomic E-state index is 12.6. The Balaban J connectivity index is 1.44. The van der Waals surface area contributed by atoms with E-state index < -0.39 is 18.5 Å². The van der Waals surface area contributed by atoms with Gasteiger partial charge in [-0.25, -0.2) is 9.59 Å². The van der Waals surface area contributed by atoms with E-state index in [0.717, 1.165) is 42.6 Å². The van der Waals surface area contributed by atoms with Crippen LogP contribution in [0.4, 0.5) is 5.82 Å². The Hall–Kier alpha value is -4.06. The summed E-state index contributed by atoms with van der Waals surface area (Å²) in [7, 11) is 0. The van der Waals surface area contributed by atoms with E-state index in [0.29, 0.717) is 17.1 Å². The predicted molar refractivity (Wildman–Crippen MR) is 126 cm³/mol. The van der Waals surface area contributed by atoms with Crippen LogP contribution in [-0.2, 0) is 9.53 Å². The van der Waals surface area contributed by atoms with Crippen molar-refractivity contribution in [2.75, 3.05) is 11.9 Å². The van der Waals surface area contributed by atoms with Crippen LogP contribution < -0.4 is 11.0 Å². The Morgan fingerprint density at radius 3 is 2.44 bits per heavy atom. The number of nitrogens with zero attached hydrogens (tertiary/aromatic N) is 3. The summed E-state index contributed by atoms with van der Waals surface area (Å²) >= 11 is 0. The zero-order valence-corrected chi connectivity index (χ0v) is 19.5. The Bertz CT molecular complexity index is 1330. The van der Waals surface area contributed by atoms with Gasteiger partial charge in [-0.3, -0.25) is 9.36 Å². The average Bonchev–Trinajstić information content (AvgIpc) is 3.52. The third-order valence-corrected chi connectivity index (χ3v) is 6.47. The Kier molecular flexibility index (Phi) is 6.41. The van der Waals surface area contributed by atoms with Crippen molar-refractivity contribution in [1.82, 2.24) is 14.1 Å². The van der Waals surface area contributed by atoms with Crippen molar-refractivity contribution in [2.45, 2.75) is 52.5 Å². The Labute approximate surface area is 197 Å². The molecule has 1 fully saturated rings. The van der Waals surface area contributed by atoms with Crippen LogP contribution in [0.25, 0.3) is 5.69 Å². The largest absolute Gasteiger partial charge is 0.452 e. The van der Waals surface area contributed by atoms with Gasteiger partial charge in [-0.2, -0.15) is 5.26 Å².